The molecule has 0 N–H and O–H groups in total. The highest BCUT2D eigenvalue weighted by Crippen LogP contribution is 2.25. The van der Waals surface area contributed by atoms with Crippen molar-refractivity contribution in [3.63, 3.8) is 0 Å². The van der Waals surface area contributed by atoms with Gasteiger partial charge in [-0.05, 0) is 25.5 Å². The van der Waals surface area contributed by atoms with Gasteiger partial charge in [-0.3, -0.25) is 4.90 Å². The molecule has 0 amide bonds. The first-order chi connectivity index (χ1) is 10.4. The third-order valence-corrected chi connectivity index (χ3v) is 5.55. The monoisotopic (exact) mass is 333 g/mol. The molecule has 2 rings (SSSR count). The van der Waals surface area contributed by atoms with Crippen molar-refractivity contribution >= 4 is 9.84 Å². The molecule has 1 aromatic carbocycles. The summed E-state index contributed by atoms with van der Waals surface area (Å²) in [6.07, 6.45) is 1.47. The molecule has 0 aromatic heterocycles. The lowest BCUT2D eigenvalue weighted by Gasteiger charge is -2.28. The quantitative estimate of drug-likeness (QED) is 0.770. The van der Waals surface area contributed by atoms with Gasteiger partial charge in [0.25, 0.3) is 0 Å². The number of nitrogens with zero attached hydrogens (tertiary/aromatic N) is 1. The summed E-state index contributed by atoms with van der Waals surface area (Å²) in [5.41, 5.74) is 0.653. The summed E-state index contributed by atoms with van der Waals surface area (Å²) in [5.74, 6) is 0.497. The van der Waals surface area contributed by atoms with Gasteiger partial charge in [0.15, 0.2) is 9.84 Å². The maximum Gasteiger partial charge on any atom is 0.387 e. The molecule has 0 spiro atoms. The van der Waals surface area contributed by atoms with Crippen LogP contribution in [0.1, 0.15) is 25.3 Å². The van der Waals surface area contributed by atoms with E-state index in [2.05, 4.69) is 9.64 Å². The fraction of sp³-hybridized carbons (Fsp3) is 0.600. The number of alkyl halides is 2. The van der Waals surface area contributed by atoms with Gasteiger partial charge in [-0.15, -0.1) is 0 Å². The standard InChI is InChI=1S/C15H21F2NO3S/c1-2-8-18(13-7-9-22(19,20)11-13)10-12-5-3-4-6-14(12)21-15(16)17/h3-6,13,15H,2,7-11H2,1H3. The first-order valence-electron chi connectivity index (χ1n) is 7.38. The second-order valence-corrected chi connectivity index (χ2v) is 7.74. The van der Waals surface area contributed by atoms with Crippen molar-refractivity contribution in [1.82, 2.24) is 4.90 Å². The average Bonchev–Trinajstić information content (AvgIpc) is 2.80. The molecule has 22 heavy (non-hydrogen) atoms. The Bertz CT molecular complexity index is 592. The molecule has 1 heterocycles. The van der Waals surface area contributed by atoms with Crippen molar-refractivity contribution in [2.24, 2.45) is 0 Å². The molecular formula is C15H21F2NO3S. The Morgan fingerprint density at radius 2 is 2.09 bits per heavy atom. The van der Waals surface area contributed by atoms with Gasteiger partial charge in [0.05, 0.1) is 11.5 Å². The predicted octanol–water partition coefficient (Wildman–Crippen LogP) is 2.69. The predicted molar refractivity (Wildman–Crippen MR) is 80.8 cm³/mol. The maximum absolute atomic E-state index is 12.5. The molecule has 1 saturated heterocycles. The topological polar surface area (TPSA) is 46.6 Å². The molecule has 1 aliphatic heterocycles. The molecule has 0 radical (unpaired) electrons. The third-order valence-electron chi connectivity index (χ3n) is 3.80. The lowest BCUT2D eigenvalue weighted by atomic mass is 10.1. The molecular weight excluding hydrogens is 312 g/mol. The van der Waals surface area contributed by atoms with E-state index >= 15 is 0 Å². The second-order valence-electron chi connectivity index (χ2n) is 5.51. The normalized spacial score (nSPS) is 20.7. The molecule has 1 unspecified atom stereocenters. The van der Waals surface area contributed by atoms with Crippen molar-refractivity contribution < 1.29 is 21.9 Å². The third kappa shape index (κ3) is 4.64. The number of benzene rings is 1. The minimum atomic E-state index is -2.97. The molecule has 0 saturated carbocycles. The average molecular weight is 333 g/mol. The van der Waals surface area contributed by atoms with Gasteiger partial charge in [-0.2, -0.15) is 8.78 Å². The van der Waals surface area contributed by atoms with E-state index in [0.717, 1.165) is 13.0 Å². The van der Waals surface area contributed by atoms with Gasteiger partial charge < -0.3 is 4.74 Å². The Balaban J connectivity index is 2.14. The summed E-state index contributed by atoms with van der Waals surface area (Å²) >= 11 is 0. The van der Waals surface area contributed by atoms with Crippen LogP contribution in [0.5, 0.6) is 5.75 Å². The summed E-state index contributed by atoms with van der Waals surface area (Å²) in [6.45, 7) is 0.283. The van der Waals surface area contributed by atoms with Gasteiger partial charge in [-0.25, -0.2) is 8.42 Å². The first-order valence-corrected chi connectivity index (χ1v) is 9.20. The van der Waals surface area contributed by atoms with Crippen molar-refractivity contribution in [2.45, 2.75) is 39.0 Å². The maximum atomic E-state index is 12.5. The van der Waals surface area contributed by atoms with Crippen LogP contribution in [-0.4, -0.2) is 44.0 Å². The van der Waals surface area contributed by atoms with E-state index < -0.39 is 16.4 Å². The number of halogens is 2. The minimum Gasteiger partial charge on any atom is -0.434 e. The Morgan fingerprint density at radius 3 is 2.68 bits per heavy atom. The fourth-order valence-electron chi connectivity index (χ4n) is 2.81. The summed E-state index contributed by atoms with van der Waals surface area (Å²) < 4.78 is 52.8. The molecule has 0 bridgehead atoms. The van der Waals surface area contributed by atoms with Crippen LogP contribution in [0.15, 0.2) is 24.3 Å². The lowest BCUT2D eigenvalue weighted by Crippen LogP contribution is -2.36. The van der Waals surface area contributed by atoms with Crippen molar-refractivity contribution in [2.75, 3.05) is 18.1 Å². The van der Waals surface area contributed by atoms with Crippen molar-refractivity contribution in [1.29, 1.82) is 0 Å². The molecule has 1 atom stereocenters. The Labute approximate surface area is 130 Å². The SMILES string of the molecule is CCCN(Cc1ccccc1OC(F)F)C1CCS(=O)(=O)C1. The first kappa shape index (κ1) is 17.1. The van der Waals surface area contributed by atoms with Gasteiger partial charge >= 0.3 is 6.61 Å². The molecule has 1 aromatic rings. The molecule has 124 valence electrons. The molecule has 4 nitrogen and oxygen atoms in total. The molecule has 1 fully saturated rings. The zero-order valence-electron chi connectivity index (χ0n) is 12.5. The minimum absolute atomic E-state index is 0.0513. The smallest absolute Gasteiger partial charge is 0.387 e. The van der Waals surface area contributed by atoms with Crippen LogP contribution in [0.4, 0.5) is 8.78 Å². The van der Waals surface area contributed by atoms with E-state index in [0.29, 0.717) is 18.5 Å². The van der Waals surface area contributed by atoms with Crippen LogP contribution in [0.25, 0.3) is 0 Å². The summed E-state index contributed by atoms with van der Waals surface area (Å²) in [5, 5.41) is 0. The van der Waals surface area contributed by atoms with Crippen molar-refractivity contribution in [3.05, 3.63) is 29.8 Å². The highest BCUT2D eigenvalue weighted by atomic mass is 32.2. The number of hydrogen-bond donors (Lipinski definition) is 0. The zero-order chi connectivity index (χ0) is 16.2. The number of ether oxygens (including phenoxy) is 1. The number of rotatable bonds is 7. The van der Waals surface area contributed by atoms with E-state index in [-0.39, 0.29) is 23.3 Å². The van der Waals surface area contributed by atoms with Gasteiger partial charge in [0.2, 0.25) is 0 Å². The summed E-state index contributed by atoms with van der Waals surface area (Å²) in [6, 6.07) is 6.61. The van der Waals surface area contributed by atoms with Crippen LogP contribution in [0.3, 0.4) is 0 Å². The van der Waals surface area contributed by atoms with Gasteiger partial charge in [0, 0.05) is 18.2 Å². The Kier molecular flexibility index (Phi) is 5.74. The fourth-order valence-corrected chi connectivity index (χ4v) is 4.57. The molecule has 0 aliphatic carbocycles. The van der Waals surface area contributed by atoms with Crippen LogP contribution in [0.2, 0.25) is 0 Å². The van der Waals surface area contributed by atoms with Gasteiger partial charge in [-0.1, -0.05) is 25.1 Å². The van der Waals surface area contributed by atoms with Gasteiger partial charge in [0.1, 0.15) is 5.75 Å². The van der Waals surface area contributed by atoms with Crippen LogP contribution in [0, 0.1) is 0 Å². The van der Waals surface area contributed by atoms with Crippen molar-refractivity contribution in [3.8, 4) is 5.75 Å². The van der Waals surface area contributed by atoms with Crippen LogP contribution < -0.4 is 4.74 Å². The Hall–Kier alpha value is -1.21. The summed E-state index contributed by atoms with van der Waals surface area (Å²) in [4.78, 5) is 2.05. The van der Waals surface area contributed by atoms with E-state index in [9.17, 15) is 17.2 Å². The van der Waals surface area contributed by atoms with Crippen LogP contribution >= 0.6 is 0 Å². The zero-order valence-corrected chi connectivity index (χ0v) is 13.4. The largest absolute Gasteiger partial charge is 0.434 e. The van der Waals surface area contributed by atoms with E-state index in [1.54, 1.807) is 18.2 Å². The van der Waals surface area contributed by atoms with E-state index in [1.807, 2.05) is 6.92 Å². The highest BCUT2D eigenvalue weighted by molar-refractivity contribution is 7.91. The van der Waals surface area contributed by atoms with E-state index in [4.69, 9.17) is 0 Å². The number of para-hydroxylation sites is 1. The molecule has 1 aliphatic rings. The highest BCUT2D eigenvalue weighted by Gasteiger charge is 2.32. The number of sulfone groups is 1. The Morgan fingerprint density at radius 1 is 1.36 bits per heavy atom. The lowest BCUT2D eigenvalue weighted by molar-refractivity contribution is -0.0508. The summed E-state index contributed by atoms with van der Waals surface area (Å²) in [7, 11) is -2.97. The van der Waals surface area contributed by atoms with Crippen LogP contribution in [-0.2, 0) is 16.4 Å². The second kappa shape index (κ2) is 7.37. The number of hydrogen-bond acceptors (Lipinski definition) is 4. The molecule has 7 heteroatoms. The van der Waals surface area contributed by atoms with E-state index in [1.165, 1.54) is 6.07 Å².